The van der Waals surface area contributed by atoms with E-state index in [-0.39, 0.29) is 6.09 Å². The van der Waals surface area contributed by atoms with Crippen molar-refractivity contribution in [2.75, 3.05) is 43.4 Å². The van der Waals surface area contributed by atoms with Gasteiger partial charge in [0.15, 0.2) is 0 Å². The van der Waals surface area contributed by atoms with E-state index in [0.29, 0.717) is 13.2 Å². The Kier molecular flexibility index (Phi) is 9.03. The van der Waals surface area contributed by atoms with Crippen molar-refractivity contribution in [3.05, 3.63) is 82.3 Å². The zero-order valence-electron chi connectivity index (χ0n) is 18.7. The smallest absolute Gasteiger partial charge is 0.407 e. The molecule has 1 N–H and O–H groups in total. The van der Waals surface area contributed by atoms with Crippen LogP contribution < -0.4 is 10.2 Å². The van der Waals surface area contributed by atoms with Gasteiger partial charge in [0.25, 0.3) is 0 Å². The lowest BCUT2D eigenvalue weighted by molar-refractivity contribution is 0.140. The molecule has 0 unspecified atom stereocenters. The summed E-state index contributed by atoms with van der Waals surface area (Å²) in [6.45, 7) is 6.03. The minimum atomic E-state index is -0.372. The molecule has 2 aromatic carbocycles. The Labute approximate surface area is 204 Å². The van der Waals surface area contributed by atoms with Gasteiger partial charge in [0.1, 0.15) is 11.6 Å². The second kappa shape index (κ2) is 12.6. The number of benzene rings is 2. The third-order valence-corrected chi connectivity index (χ3v) is 7.31. The molecule has 1 aliphatic rings. The fourth-order valence-electron chi connectivity index (χ4n) is 3.66. The van der Waals surface area contributed by atoms with Gasteiger partial charge in [-0.05, 0) is 17.7 Å². The largest absolute Gasteiger partial charge is 0.445 e. The molecule has 0 radical (unpaired) electrons. The van der Waals surface area contributed by atoms with Crippen molar-refractivity contribution in [1.82, 2.24) is 15.2 Å². The molecular formula is C25H30N4O2S2. The number of nitrogens with zero attached hydrogens (tertiary/aromatic N) is 3. The Morgan fingerprint density at radius 3 is 2.52 bits per heavy atom. The van der Waals surface area contributed by atoms with Crippen molar-refractivity contribution in [1.29, 1.82) is 0 Å². The molecule has 6 nitrogen and oxygen atoms in total. The van der Waals surface area contributed by atoms with Crippen molar-refractivity contribution in [2.24, 2.45) is 0 Å². The third-order valence-electron chi connectivity index (χ3n) is 5.43. The molecule has 3 aromatic rings. The van der Waals surface area contributed by atoms with Gasteiger partial charge in [-0.2, -0.15) is 11.8 Å². The Morgan fingerprint density at radius 2 is 1.76 bits per heavy atom. The number of hydrogen-bond donors (Lipinski definition) is 1. The number of carbonyl (C=O) groups excluding carboxylic acids is 1. The highest BCUT2D eigenvalue weighted by atomic mass is 32.2. The summed E-state index contributed by atoms with van der Waals surface area (Å²) in [6.07, 6.45) is -0.372. The van der Waals surface area contributed by atoms with Crippen LogP contribution in [0.2, 0.25) is 0 Å². The van der Waals surface area contributed by atoms with Crippen molar-refractivity contribution in [3.8, 4) is 0 Å². The van der Waals surface area contributed by atoms with Crippen LogP contribution in [0.4, 0.5) is 10.5 Å². The molecule has 8 heteroatoms. The molecule has 1 saturated heterocycles. The number of anilines is 1. The van der Waals surface area contributed by atoms with E-state index in [0.717, 1.165) is 55.5 Å². The SMILES string of the molecule is O=C(NCCSCc1csc(CN2CCN(c3ccccc3)CC2)n1)OCc1ccccc1. The molecule has 0 atom stereocenters. The predicted molar refractivity (Wildman–Crippen MR) is 137 cm³/mol. The quantitative estimate of drug-likeness (QED) is 0.426. The Bertz CT molecular complexity index is 976. The third kappa shape index (κ3) is 7.77. The summed E-state index contributed by atoms with van der Waals surface area (Å²) in [5.74, 6) is 1.69. The Balaban J connectivity index is 1.08. The summed E-state index contributed by atoms with van der Waals surface area (Å²) >= 11 is 3.52. The van der Waals surface area contributed by atoms with Gasteiger partial charge >= 0.3 is 6.09 Å². The average molecular weight is 483 g/mol. The van der Waals surface area contributed by atoms with Crippen LogP contribution >= 0.6 is 23.1 Å². The summed E-state index contributed by atoms with van der Waals surface area (Å²) in [4.78, 5) is 21.5. The first kappa shape index (κ1) is 23.6. The molecule has 1 aromatic heterocycles. The highest BCUT2D eigenvalue weighted by molar-refractivity contribution is 7.98. The average Bonchev–Trinajstić information content (AvgIpc) is 3.31. The molecule has 174 valence electrons. The number of alkyl carbamates (subject to hydrolysis) is 1. The Hall–Kier alpha value is -2.55. The first-order valence-electron chi connectivity index (χ1n) is 11.2. The van der Waals surface area contributed by atoms with E-state index in [9.17, 15) is 4.79 Å². The fourth-order valence-corrected chi connectivity index (χ4v) is 5.35. The molecule has 0 bridgehead atoms. The lowest BCUT2D eigenvalue weighted by Gasteiger charge is -2.35. The topological polar surface area (TPSA) is 57.7 Å². The van der Waals surface area contributed by atoms with Gasteiger partial charge in [0.05, 0.1) is 12.2 Å². The van der Waals surface area contributed by atoms with Gasteiger partial charge in [-0.3, -0.25) is 4.90 Å². The second-order valence-electron chi connectivity index (χ2n) is 7.87. The maximum absolute atomic E-state index is 11.8. The van der Waals surface area contributed by atoms with Gasteiger partial charge < -0.3 is 15.0 Å². The van der Waals surface area contributed by atoms with E-state index in [1.165, 1.54) is 10.7 Å². The molecule has 0 saturated carbocycles. The number of hydrogen-bond acceptors (Lipinski definition) is 7. The highest BCUT2D eigenvalue weighted by Gasteiger charge is 2.18. The lowest BCUT2D eigenvalue weighted by atomic mass is 10.2. The van der Waals surface area contributed by atoms with Gasteiger partial charge in [-0.1, -0.05) is 48.5 Å². The van der Waals surface area contributed by atoms with E-state index in [2.05, 4.69) is 50.8 Å². The van der Waals surface area contributed by atoms with Crippen LogP contribution in [0.15, 0.2) is 66.0 Å². The van der Waals surface area contributed by atoms with Crippen LogP contribution in [0.5, 0.6) is 0 Å². The minimum Gasteiger partial charge on any atom is -0.445 e. The van der Waals surface area contributed by atoms with Crippen molar-refractivity contribution < 1.29 is 9.53 Å². The number of amides is 1. The molecule has 0 spiro atoms. The van der Waals surface area contributed by atoms with Crippen molar-refractivity contribution >= 4 is 34.9 Å². The van der Waals surface area contributed by atoms with Crippen molar-refractivity contribution in [3.63, 3.8) is 0 Å². The molecule has 1 aliphatic heterocycles. The fraction of sp³-hybridized carbons (Fsp3) is 0.360. The molecule has 2 heterocycles. The number of nitrogens with one attached hydrogen (secondary N) is 1. The summed E-state index contributed by atoms with van der Waals surface area (Å²) in [5, 5.41) is 6.14. The van der Waals surface area contributed by atoms with Gasteiger partial charge in [-0.15, -0.1) is 11.3 Å². The number of ether oxygens (including phenoxy) is 1. The van der Waals surface area contributed by atoms with Crippen LogP contribution in [0.3, 0.4) is 0 Å². The molecule has 1 amide bonds. The van der Waals surface area contributed by atoms with Gasteiger partial charge in [-0.25, -0.2) is 9.78 Å². The number of para-hydroxylation sites is 1. The van der Waals surface area contributed by atoms with Gasteiger partial charge in [0, 0.05) is 55.3 Å². The van der Waals surface area contributed by atoms with E-state index in [1.54, 1.807) is 23.1 Å². The van der Waals surface area contributed by atoms with Crippen LogP contribution in [-0.2, 0) is 23.6 Å². The van der Waals surface area contributed by atoms with Crippen LogP contribution in [0.1, 0.15) is 16.3 Å². The maximum atomic E-state index is 11.8. The predicted octanol–water partition coefficient (Wildman–Crippen LogP) is 4.62. The van der Waals surface area contributed by atoms with E-state index in [1.807, 2.05) is 30.3 Å². The van der Waals surface area contributed by atoms with Crippen molar-refractivity contribution in [2.45, 2.75) is 18.9 Å². The number of thiazole rings is 1. The molecular weight excluding hydrogens is 452 g/mol. The molecule has 0 aliphatic carbocycles. The van der Waals surface area contributed by atoms with Crippen LogP contribution in [0.25, 0.3) is 0 Å². The van der Waals surface area contributed by atoms with Crippen LogP contribution in [0, 0.1) is 0 Å². The number of rotatable bonds is 10. The van der Waals surface area contributed by atoms with E-state index < -0.39 is 0 Å². The zero-order chi connectivity index (χ0) is 22.7. The number of piperazine rings is 1. The van der Waals surface area contributed by atoms with E-state index >= 15 is 0 Å². The normalized spacial score (nSPS) is 14.2. The molecule has 1 fully saturated rings. The number of carbonyl (C=O) groups is 1. The molecule has 33 heavy (non-hydrogen) atoms. The van der Waals surface area contributed by atoms with Gasteiger partial charge in [0.2, 0.25) is 0 Å². The highest BCUT2D eigenvalue weighted by Crippen LogP contribution is 2.20. The summed E-state index contributed by atoms with van der Waals surface area (Å²) < 4.78 is 5.22. The van der Waals surface area contributed by atoms with Crippen LogP contribution in [-0.4, -0.2) is 54.5 Å². The number of thioether (sulfide) groups is 1. The first-order valence-corrected chi connectivity index (χ1v) is 13.3. The summed E-state index contributed by atoms with van der Waals surface area (Å²) in [5.41, 5.74) is 3.42. The summed E-state index contributed by atoms with van der Waals surface area (Å²) in [7, 11) is 0. The Morgan fingerprint density at radius 1 is 1.03 bits per heavy atom. The summed E-state index contributed by atoms with van der Waals surface area (Å²) in [6, 6.07) is 20.3. The van der Waals surface area contributed by atoms with E-state index in [4.69, 9.17) is 9.72 Å². The zero-order valence-corrected chi connectivity index (χ0v) is 20.3. The first-order chi connectivity index (χ1) is 16.3. The monoisotopic (exact) mass is 482 g/mol. The standard InChI is InChI=1S/C25H30N4O2S2/c30-25(31-18-21-7-3-1-4-8-21)26-11-16-32-19-22-20-33-24(27-22)17-28-12-14-29(15-13-28)23-9-5-2-6-10-23/h1-10,20H,11-19H2,(H,26,30). The second-order valence-corrected chi connectivity index (χ2v) is 9.92. The number of aromatic nitrogens is 1. The maximum Gasteiger partial charge on any atom is 0.407 e. The molecule has 4 rings (SSSR count). The lowest BCUT2D eigenvalue weighted by Crippen LogP contribution is -2.45. The minimum absolute atomic E-state index is 0.294.